The predicted octanol–water partition coefficient (Wildman–Crippen LogP) is 3.82. The summed E-state index contributed by atoms with van der Waals surface area (Å²) >= 11 is 7.18. The fraction of sp³-hybridized carbons (Fsp3) is 0.190. The minimum Gasteiger partial charge on any atom is -0.354 e. The molecule has 2 aromatic carbocycles. The fourth-order valence-corrected chi connectivity index (χ4v) is 4.31. The van der Waals surface area contributed by atoms with Crippen molar-refractivity contribution < 1.29 is 9.59 Å². The van der Waals surface area contributed by atoms with Crippen LogP contribution in [0.2, 0.25) is 5.02 Å². The summed E-state index contributed by atoms with van der Waals surface area (Å²) in [6, 6.07) is 16.7. The van der Waals surface area contributed by atoms with Gasteiger partial charge in [-0.1, -0.05) is 53.2 Å². The highest BCUT2D eigenvalue weighted by molar-refractivity contribution is 8.05. The van der Waals surface area contributed by atoms with Crippen LogP contribution in [0.1, 0.15) is 11.1 Å². The van der Waals surface area contributed by atoms with E-state index in [0.717, 1.165) is 11.1 Å². The van der Waals surface area contributed by atoms with Gasteiger partial charge in [0.25, 0.3) is 5.91 Å². The van der Waals surface area contributed by atoms with Crippen LogP contribution in [0, 0.1) is 18.3 Å². The zero-order valence-corrected chi connectivity index (χ0v) is 17.0. The smallest absolute Gasteiger partial charge is 0.264 e. The van der Waals surface area contributed by atoms with E-state index in [1.165, 1.54) is 23.7 Å². The van der Waals surface area contributed by atoms with Crippen molar-refractivity contribution in [2.24, 2.45) is 0 Å². The normalized spacial score (nSPS) is 18.0. The van der Waals surface area contributed by atoms with Gasteiger partial charge in [-0.15, -0.1) is 0 Å². The minimum atomic E-state index is -0.512. The Morgan fingerprint density at radius 1 is 1.21 bits per heavy atom. The lowest BCUT2D eigenvalue weighted by molar-refractivity contribution is -0.117. The fourth-order valence-electron chi connectivity index (χ4n) is 2.88. The standard InChI is InChI=1S/C21H18ClN3O2S/c1-13-3-9-16(10-4-13)25-20(27)18(11-14-5-7-15(22)8-6-14)28-21(25)17(12-23)19(26)24-2/h3-10,18H,11H2,1-2H3,(H,24,26)/b21-17+/t18-/m1/s1. The third kappa shape index (κ3) is 4.06. The molecule has 28 heavy (non-hydrogen) atoms. The third-order valence-corrected chi connectivity index (χ3v) is 5.87. The average Bonchev–Trinajstić information content (AvgIpc) is 3.00. The number of rotatable bonds is 4. The number of halogens is 1. The molecule has 1 N–H and O–H groups in total. The quantitative estimate of drug-likeness (QED) is 0.613. The highest BCUT2D eigenvalue weighted by atomic mass is 35.5. The lowest BCUT2D eigenvalue weighted by atomic mass is 10.1. The van der Waals surface area contributed by atoms with Crippen LogP contribution in [-0.4, -0.2) is 24.1 Å². The maximum atomic E-state index is 13.2. The molecule has 1 aliphatic rings. The monoisotopic (exact) mass is 411 g/mol. The summed E-state index contributed by atoms with van der Waals surface area (Å²) in [6.45, 7) is 1.95. The first-order valence-electron chi connectivity index (χ1n) is 8.62. The highest BCUT2D eigenvalue weighted by Gasteiger charge is 2.40. The molecule has 0 radical (unpaired) electrons. The summed E-state index contributed by atoms with van der Waals surface area (Å²) in [5.41, 5.74) is 2.57. The van der Waals surface area contributed by atoms with E-state index in [1.54, 1.807) is 12.1 Å². The number of anilines is 1. The first kappa shape index (κ1) is 20.0. The molecule has 7 heteroatoms. The largest absolute Gasteiger partial charge is 0.354 e. The number of likely N-dealkylation sites (N-methyl/N-ethyl adjacent to an activating group) is 1. The number of nitriles is 1. The molecule has 2 amide bonds. The summed E-state index contributed by atoms with van der Waals surface area (Å²) in [6.07, 6.45) is 0.471. The van der Waals surface area contributed by atoms with E-state index in [4.69, 9.17) is 11.6 Å². The molecule has 3 rings (SSSR count). The molecular weight excluding hydrogens is 394 g/mol. The van der Waals surface area contributed by atoms with Crippen molar-refractivity contribution in [2.45, 2.75) is 18.6 Å². The van der Waals surface area contributed by atoms with E-state index in [1.807, 2.05) is 49.4 Å². The van der Waals surface area contributed by atoms with Crippen molar-refractivity contribution >= 4 is 40.9 Å². The van der Waals surface area contributed by atoms with Gasteiger partial charge in [-0.05, 0) is 43.2 Å². The van der Waals surface area contributed by atoms with Crippen molar-refractivity contribution in [2.75, 3.05) is 11.9 Å². The lowest BCUT2D eigenvalue weighted by Gasteiger charge is -2.18. The van der Waals surface area contributed by atoms with E-state index in [0.29, 0.717) is 22.2 Å². The molecule has 0 bridgehead atoms. The molecule has 0 unspecified atom stereocenters. The van der Waals surface area contributed by atoms with Crippen LogP contribution in [0.25, 0.3) is 0 Å². The van der Waals surface area contributed by atoms with Crippen LogP contribution in [0.5, 0.6) is 0 Å². The van der Waals surface area contributed by atoms with Crippen LogP contribution < -0.4 is 10.2 Å². The van der Waals surface area contributed by atoms with Crippen molar-refractivity contribution in [1.29, 1.82) is 5.26 Å². The molecule has 2 aromatic rings. The number of nitrogens with one attached hydrogen (secondary N) is 1. The van der Waals surface area contributed by atoms with Crippen LogP contribution in [0.15, 0.2) is 59.1 Å². The molecule has 1 saturated heterocycles. The van der Waals surface area contributed by atoms with Crippen LogP contribution in [0.4, 0.5) is 5.69 Å². The molecule has 0 spiro atoms. The SMILES string of the molecule is CNC(=O)/C(C#N)=C1/S[C@H](Cc2ccc(Cl)cc2)C(=O)N1c1ccc(C)cc1. The molecule has 1 aliphatic heterocycles. The van der Waals surface area contributed by atoms with E-state index >= 15 is 0 Å². The average molecular weight is 412 g/mol. The predicted molar refractivity (Wildman–Crippen MR) is 112 cm³/mol. The Labute approximate surface area is 173 Å². The second kappa shape index (κ2) is 8.51. The second-order valence-corrected chi connectivity index (χ2v) is 7.95. The maximum Gasteiger partial charge on any atom is 0.264 e. The number of carbonyl (C=O) groups is 2. The number of hydrogen-bond acceptors (Lipinski definition) is 4. The summed E-state index contributed by atoms with van der Waals surface area (Å²) in [5.74, 6) is -0.669. The third-order valence-electron chi connectivity index (χ3n) is 4.36. The van der Waals surface area contributed by atoms with Crippen molar-refractivity contribution in [1.82, 2.24) is 5.32 Å². The van der Waals surface area contributed by atoms with Crippen molar-refractivity contribution in [3.05, 3.63) is 75.3 Å². The molecule has 142 valence electrons. The zero-order valence-electron chi connectivity index (χ0n) is 15.4. The molecule has 0 aromatic heterocycles. The highest BCUT2D eigenvalue weighted by Crippen LogP contribution is 2.42. The number of aryl methyl sites for hydroxylation is 1. The van der Waals surface area contributed by atoms with Gasteiger partial charge in [-0.25, -0.2) is 0 Å². The van der Waals surface area contributed by atoms with Gasteiger partial charge >= 0.3 is 0 Å². The first-order valence-corrected chi connectivity index (χ1v) is 9.88. The van der Waals surface area contributed by atoms with Gasteiger partial charge in [0.1, 0.15) is 16.7 Å². The zero-order chi connectivity index (χ0) is 20.3. The molecule has 0 aliphatic carbocycles. The molecule has 0 saturated carbocycles. The van der Waals surface area contributed by atoms with E-state index in [9.17, 15) is 14.9 Å². The van der Waals surface area contributed by atoms with E-state index in [2.05, 4.69) is 5.32 Å². The van der Waals surface area contributed by atoms with Crippen molar-refractivity contribution in [3.63, 3.8) is 0 Å². The number of benzene rings is 2. The van der Waals surface area contributed by atoms with E-state index in [-0.39, 0.29) is 11.5 Å². The maximum absolute atomic E-state index is 13.2. The van der Waals surface area contributed by atoms with Gasteiger partial charge in [0.2, 0.25) is 5.91 Å². The Hall–Kier alpha value is -2.75. The van der Waals surface area contributed by atoms with Crippen LogP contribution in [-0.2, 0) is 16.0 Å². The summed E-state index contributed by atoms with van der Waals surface area (Å²) in [4.78, 5) is 26.9. The van der Waals surface area contributed by atoms with Gasteiger partial charge in [0.05, 0.1) is 5.25 Å². The lowest BCUT2D eigenvalue weighted by Crippen LogP contribution is -2.31. The van der Waals surface area contributed by atoms with Crippen molar-refractivity contribution in [3.8, 4) is 6.07 Å². The van der Waals surface area contributed by atoms with Gasteiger partial charge in [-0.2, -0.15) is 5.26 Å². The number of nitrogens with zero attached hydrogens (tertiary/aromatic N) is 2. The Bertz CT molecular complexity index is 978. The Morgan fingerprint density at radius 2 is 1.86 bits per heavy atom. The molecular formula is C21H18ClN3O2S. The number of amides is 2. The van der Waals surface area contributed by atoms with E-state index < -0.39 is 11.2 Å². The summed E-state index contributed by atoms with van der Waals surface area (Å²) in [5, 5.41) is 12.6. The molecule has 1 fully saturated rings. The second-order valence-electron chi connectivity index (χ2n) is 6.32. The topological polar surface area (TPSA) is 73.2 Å². The summed E-state index contributed by atoms with van der Waals surface area (Å²) in [7, 11) is 1.46. The van der Waals surface area contributed by atoms with Gasteiger partial charge in [-0.3, -0.25) is 14.5 Å². The number of hydrogen-bond donors (Lipinski definition) is 1. The molecule has 5 nitrogen and oxygen atoms in total. The Balaban J connectivity index is 2.03. The van der Waals surface area contributed by atoms with Gasteiger partial charge < -0.3 is 5.32 Å². The number of thioether (sulfide) groups is 1. The van der Waals surface area contributed by atoms with Gasteiger partial charge in [0, 0.05) is 17.8 Å². The van der Waals surface area contributed by atoms with Gasteiger partial charge in [0.15, 0.2) is 0 Å². The van der Waals surface area contributed by atoms with Crippen LogP contribution >= 0.6 is 23.4 Å². The molecule has 1 atom stereocenters. The number of carbonyl (C=O) groups excluding carboxylic acids is 2. The Kier molecular flexibility index (Phi) is 6.08. The summed E-state index contributed by atoms with van der Waals surface area (Å²) < 4.78 is 0. The molecule has 1 heterocycles. The van der Waals surface area contributed by atoms with Crippen LogP contribution in [0.3, 0.4) is 0 Å². The Morgan fingerprint density at radius 3 is 2.43 bits per heavy atom. The minimum absolute atomic E-state index is 0.0694. The first-order chi connectivity index (χ1) is 13.4.